The van der Waals surface area contributed by atoms with Gasteiger partial charge in [-0.25, -0.2) is 8.42 Å². The highest BCUT2D eigenvalue weighted by molar-refractivity contribution is 7.92. The molecule has 43 heavy (non-hydrogen) atoms. The smallest absolute Gasteiger partial charge is 0.264 e. The molecule has 0 aliphatic heterocycles. The van der Waals surface area contributed by atoms with Crippen molar-refractivity contribution >= 4 is 27.3 Å². The lowest BCUT2D eigenvalue weighted by molar-refractivity contribution is -0.116. The lowest BCUT2D eigenvalue weighted by Crippen LogP contribution is -2.34. The van der Waals surface area contributed by atoms with E-state index in [4.69, 9.17) is 4.74 Å². The number of amides is 1. The topological polar surface area (TPSA) is 75.7 Å². The Morgan fingerprint density at radius 2 is 1.40 bits per heavy atom. The summed E-state index contributed by atoms with van der Waals surface area (Å²) in [7, 11) is -4.03. The van der Waals surface area contributed by atoms with E-state index in [9.17, 15) is 13.2 Å². The average Bonchev–Trinajstić information content (AvgIpc) is 2.96. The van der Waals surface area contributed by atoms with Crippen molar-refractivity contribution in [2.45, 2.75) is 71.3 Å². The van der Waals surface area contributed by atoms with Gasteiger partial charge in [-0.3, -0.25) is 9.10 Å². The van der Waals surface area contributed by atoms with Gasteiger partial charge < -0.3 is 10.1 Å². The van der Waals surface area contributed by atoms with E-state index in [0.717, 1.165) is 33.5 Å². The predicted molar refractivity (Wildman–Crippen MR) is 176 cm³/mol. The molecule has 0 aliphatic rings. The third kappa shape index (κ3) is 8.05. The number of benzene rings is 4. The maximum atomic E-state index is 14.2. The summed E-state index contributed by atoms with van der Waals surface area (Å²) < 4.78 is 35.6. The SMILES string of the molecule is Cc1cc(C)cc(N(CCC(=O)Nc2c(C(C)C)cccc2C(C)C)S(=O)(=O)c2cccc(OCc3ccccc3)c2)c1. The van der Waals surface area contributed by atoms with Gasteiger partial charge in [-0.2, -0.15) is 0 Å². The molecule has 0 aromatic heterocycles. The summed E-state index contributed by atoms with van der Waals surface area (Å²) >= 11 is 0. The first-order valence-corrected chi connectivity index (χ1v) is 16.2. The fraction of sp³-hybridized carbons (Fsp3) is 0.306. The molecule has 6 nitrogen and oxygen atoms in total. The van der Waals surface area contributed by atoms with Crippen LogP contribution in [0.25, 0.3) is 0 Å². The Bertz CT molecular complexity index is 1620. The molecule has 0 aliphatic carbocycles. The fourth-order valence-electron chi connectivity index (χ4n) is 5.18. The Morgan fingerprint density at radius 1 is 0.791 bits per heavy atom. The van der Waals surface area contributed by atoms with Crippen LogP contribution in [0.1, 0.15) is 73.8 Å². The van der Waals surface area contributed by atoms with Crippen LogP contribution >= 0.6 is 0 Å². The van der Waals surface area contributed by atoms with E-state index in [1.165, 1.54) is 4.31 Å². The van der Waals surface area contributed by atoms with Crippen molar-refractivity contribution < 1.29 is 17.9 Å². The molecule has 0 saturated carbocycles. The first-order valence-electron chi connectivity index (χ1n) is 14.8. The summed E-state index contributed by atoms with van der Waals surface area (Å²) in [5, 5.41) is 3.12. The van der Waals surface area contributed by atoms with E-state index in [1.807, 2.05) is 80.6 Å². The third-order valence-electron chi connectivity index (χ3n) is 7.32. The minimum absolute atomic E-state index is 0.0135. The molecule has 0 heterocycles. The number of anilines is 2. The zero-order chi connectivity index (χ0) is 31.1. The van der Waals surface area contributed by atoms with Gasteiger partial charge in [0.2, 0.25) is 5.91 Å². The standard InChI is InChI=1S/C36H42N2O4S/c1-25(2)33-16-11-17-34(26(3)4)36(33)37-35(39)18-19-38(30-21-27(5)20-28(6)22-30)43(40,41)32-15-10-14-31(23-32)42-24-29-12-8-7-9-13-29/h7-17,20-23,25-26H,18-19,24H2,1-6H3,(H,37,39). The van der Waals surface area contributed by atoms with Crippen LogP contribution in [0, 0.1) is 13.8 Å². The number of ether oxygens (including phenoxy) is 1. The quantitative estimate of drug-likeness (QED) is 0.178. The second kappa shape index (κ2) is 13.9. The van der Waals surface area contributed by atoms with E-state index < -0.39 is 10.0 Å². The van der Waals surface area contributed by atoms with E-state index >= 15 is 0 Å². The zero-order valence-electron chi connectivity index (χ0n) is 25.9. The van der Waals surface area contributed by atoms with Gasteiger partial charge in [-0.1, -0.05) is 88.4 Å². The van der Waals surface area contributed by atoms with Gasteiger partial charge >= 0.3 is 0 Å². The van der Waals surface area contributed by atoms with Crippen molar-refractivity contribution in [3.63, 3.8) is 0 Å². The molecule has 0 fully saturated rings. The molecule has 0 bridgehead atoms. The van der Waals surface area contributed by atoms with Crippen LogP contribution in [0.2, 0.25) is 0 Å². The Hall–Kier alpha value is -4.10. The Kier molecular flexibility index (Phi) is 10.3. The number of hydrogen-bond acceptors (Lipinski definition) is 4. The Balaban J connectivity index is 1.62. The Labute approximate surface area is 256 Å². The highest BCUT2D eigenvalue weighted by Crippen LogP contribution is 2.33. The van der Waals surface area contributed by atoms with E-state index in [-0.39, 0.29) is 35.6 Å². The number of sulfonamides is 1. The molecule has 0 unspecified atom stereocenters. The molecule has 4 aromatic carbocycles. The molecule has 0 atom stereocenters. The van der Waals surface area contributed by atoms with Crippen molar-refractivity contribution in [1.29, 1.82) is 0 Å². The second-order valence-electron chi connectivity index (χ2n) is 11.6. The van der Waals surface area contributed by atoms with Crippen LogP contribution in [-0.4, -0.2) is 20.9 Å². The van der Waals surface area contributed by atoms with Crippen LogP contribution in [0.15, 0.2) is 95.9 Å². The van der Waals surface area contributed by atoms with E-state index in [2.05, 4.69) is 33.0 Å². The number of nitrogens with one attached hydrogen (secondary N) is 1. The van der Waals surface area contributed by atoms with Gasteiger partial charge in [0.1, 0.15) is 12.4 Å². The highest BCUT2D eigenvalue weighted by Gasteiger charge is 2.27. The molecule has 0 radical (unpaired) electrons. The molecule has 4 aromatic rings. The molecule has 7 heteroatoms. The van der Waals surface area contributed by atoms with Gasteiger partial charge in [0, 0.05) is 24.7 Å². The number of nitrogens with zero attached hydrogens (tertiary/aromatic N) is 1. The fourth-order valence-corrected chi connectivity index (χ4v) is 6.66. The van der Waals surface area contributed by atoms with Gasteiger partial charge in [-0.15, -0.1) is 0 Å². The molecular formula is C36H42N2O4S. The first kappa shape index (κ1) is 31.8. The normalized spacial score (nSPS) is 11.5. The van der Waals surface area contributed by atoms with Crippen molar-refractivity contribution in [2.24, 2.45) is 0 Å². The minimum atomic E-state index is -4.03. The van der Waals surface area contributed by atoms with Crippen molar-refractivity contribution in [1.82, 2.24) is 0 Å². The van der Waals surface area contributed by atoms with Gasteiger partial charge in [0.05, 0.1) is 10.6 Å². The number of carbonyl (C=O) groups is 1. The number of hydrogen-bond donors (Lipinski definition) is 1. The summed E-state index contributed by atoms with van der Waals surface area (Å²) in [5.74, 6) is 0.657. The molecule has 1 amide bonds. The molecule has 0 saturated heterocycles. The van der Waals surface area contributed by atoms with Gasteiger partial charge in [0.15, 0.2) is 0 Å². The summed E-state index contributed by atoms with van der Waals surface area (Å²) in [6.45, 7) is 12.6. The maximum absolute atomic E-state index is 14.2. The van der Waals surface area contributed by atoms with Crippen molar-refractivity contribution in [3.8, 4) is 5.75 Å². The van der Waals surface area contributed by atoms with Crippen LogP contribution in [0.5, 0.6) is 5.75 Å². The van der Waals surface area contributed by atoms with E-state index in [0.29, 0.717) is 18.0 Å². The summed E-state index contributed by atoms with van der Waals surface area (Å²) in [4.78, 5) is 13.5. The highest BCUT2D eigenvalue weighted by atomic mass is 32.2. The monoisotopic (exact) mass is 598 g/mol. The molecule has 1 N–H and O–H groups in total. The van der Waals surface area contributed by atoms with Crippen LogP contribution in [0.3, 0.4) is 0 Å². The number of para-hydroxylation sites is 1. The molecule has 226 valence electrons. The van der Waals surface area contributed by atoms with E-state index in [1.54, 1.807) is 24.3 Å². The number of aryl methyl sites for hydroxylation is 2. The molecule has 0 spiro atoms. The van der Waals surface area contributed by atoms with Gasteiger partial charge in [0.25, 0.3) is 10.0 Å². The van der Waals surface area contributed by atoms with Crippen LogP contribution < -0.4 is 14.4 Å². The number of rotatable bonds is 12. The largest absolute Gasteiger partial charge is 0.489 e. The minimum Gasteiger partial charge on any atom is -0.489 e. The van der Waals surface area contributed by atoms with Crippen molar-refractivity contribution in [2.75, 3.05) is 16.2 Å². The molecular weight excluding hydrogens is 556 g/mol. The summed E-state index contributed by atoms with van der Waals surface area (Å²) in [6.07, 6.45) is -0.0135. The van der Waals surface area contributed by atoms with Crippen LogP contribution in [-0.2, 0) is 21.4 Å². The van der Waals surface area contributed by atoms with Gasteiger partial charge in [-0.05, 0) is 77.8 Å². The molecule has 4 rings (SSSR count). The average molecular weight is 599 g/mol. The van der Waals surface area contributed by atoms with Crippen molar-refractivity contribution in [3.05, 3.63) is 119 Å². The first-order chi connectivity index (χ1) is 20.5. The lowest BCUT2D eigenvalue weighted by Gasteiger charge is -2.26. The zero-order valence-corrected chi connectivity index (χ0v) is 26.7. The number of carbonyl (C=O) groups excluding carboxylic acids is 1. The lowest BCUT2D eigenvalue weighted by atomic mass is 9.92. The summed E-state index contributed by atoms with van der Waals surface area (Å²) in [5.41, 5.74) is 6.32. The third-order valence-corrected chi connectivity index (χ3v) is 9.14. The Morgan fingerprint density at radius 3 is 2.00 bits per heavy atom. The maximum Gasteiger partial charge on any atom is 0.264 e. The predicted octanol–water partition coefficient (Wildman–Crippen LogP) is 8.35. The second-order valence-corrected chi connectivity index (χ2v) is 13.5. The summed E-state index contributed by atoms with van der Waals surface area (Å²) in [6, 6.07) is 28.0. The van der Waals surface area contributed by atoms with Crippen LogP contribution in [0.4, 0.5) is 11.4 Å².